The van der Waals surface area contributed by atoms with Gasteiger partial charge in [-0.05, 0) is 61.7 Å². The molecular weight excluding hydrogens is 328 g/mol. The first-order valence-corrected chi connectivity index (χ1v) is 9.18. The van der Waals surface area contributed by atoms with Crippen LogP contribution in [0.4, 0.5) is 5.69 Å². The van der Waals surface area contributed by atoms with Gasteiger partial charge in [0.25, 0.3) is 0 Å². The molecule has 26 heavy (non-hydrogen) atoms. The summed E-state index contributed by atoms with van der Waals surface area (Å²) in [5.41, 5.74) is 2.02. The third kappa shape index (κ3) is 2.82. The number of ether oxygens (including phenoxy) is 2. The van der Waals surface area contributed by atoms with Gasteiger partial charge in [0.05, 0.1) is 19.8 Å². The van der Waals surface area contributed by atoms with E-state index in [9.17, 15) is 4.79 Å². The molecule has 0 N–H and O–H groups in total. The molecule has 0 bridgehead atoms. The van der Waals surface area contributed by atoms with Crippen LogP contribution in [0.25, 0.3) is 0 Å². The second kappa shape index (κ2) is 7.00. The Morgan fingerprint density at radius 1 is 1.04 bits per heavy atom. The SMILES string of the molecule is CCOc1ccc(C2N(c3ccc(OC)cc3)C(=O)C3CCCN32)cc1. The molecule has 0 saturated carbocycles. The summed E-state index contributed by atoms with van der Waals surface area (Å²) < 4.78 is 10.8. The molecule has 2 fully saturated rings. The van der Waals surface area contributed by atoms with Crippen molar-refractivity contribution >= 4 is 11.6 Å². The van der Waals surface area contributed by atoms with Crippen molar-refractivity contribution in [3.8, 4) is 11.5 Å². The molecular formula is C21H24N2O3. The summed E-state index contributed by atoms with van der Waals surface area (Å²) in [4.78, 5) is 17.4. The Labute approximate surface area is 154 Å². The zero-order valence-electron chi connectivity index (χ0n) is 15.2. The maximum Gasteiger partial charge on any atom is 0.246 e. The van der Waals surface area contributed by atoms with Crippen molar-refractivity contribution in [2.75, 3.05) is 25.2 Å². The Kier molecular flexibility index (Phi) is 4.55. The standard InChI is InChI=1S/C21H24N2O3/c1-3-26-18-10-6-15(7-11-18)20-22-14-4-5-19(22)21(24)23(20)16-8-12-17(25-2)13-9-16/h6-13,19-20H,3-5,14H2,1-2H3. The van der Waals surface area contributed by atoms with Crippen molar-refractivity contribution in [2.24, 2.45) is 0 Å². The topological polar surface area (TPSA) is 42.0 Å². The van der Waals surface area contributed by atoms with Crippen LogP contribution in [0.3, 0.4) is 0 Å². The highest BCUT2D eigenvalue weighted by Gasteiger charge is 2.49. The summed E-state index contributed by atoms with van der Waals surface area (Å²) >= 11 is 0. The van der Waals surface area contributed by atoms with E-state index in [0.29, 0.717) is 6.61 Å². The summed E-state index contributed by atoms with van der Waals surface area (Å²) in [6, 6.07) is 15.8. The first-order valence-electron chi connectivity index (χ1n) is 9.18. The van der Waals surface area contributed by atoms with Crippen LogP contribution in [0.1, 0.15) is 31.5 Å². The van der Waals surface area contributed by atoms with Gasteiger partial charge in [0.1, 0.15) is 17.7 Å². The zero-order valence-corrected chi connectivity index (χ0v) is 15.2. The van der Waals surface area contributed by atoms with Crippen LogP contribution in [0, 0.1) is 0 Å². The van der Waals surface area contributed by atoms with E-state index in [-0.39, 0.29) is 18.1 Å². The van der Waals surface area contributed by atoms with E-state index in [1.165, 1.54) is 0 Å². The molecule has 0 aromatic heterocycles. The van der Waals surface area contributed by atoms with Crippen LogP contribution in [0.5, 0.6) is 11.5 Å². The van der Waals surface area contributed by atoms with E-state index in [1.807, 2.05) is 48.2 Å². The molecule has 136 valence electrons. The van der Waals surface area contributed by atoms with Gasteiger partial charge in [0.15, 0.2) is 0 Å². The predicted octanol–water partition coefficient (Wildman–Crippen LogP) is 3.60. The van der Waals surface area contributed by atoms with Crippen LogP contribution >= 0.6 is 0 Å². The highest BCUT2D eigenvalue weighted by atomic mass is 16.5. The summed E-state index contributed by atoms with van der Waals surface area (Å²) in [6.45, 7) is 3.57. The predicted molar refractivity (Wildman–Crippen MR) is 101 cm³/mol. The first kappa shape index (κ1) is 16.9. The van der Waals surface area contributed by atoms with Crippen molar-refractivity contribution in [2.45, 2.75) is 32.0 Å². The van der Waals surface area contributed by atoms with Crippen LogP contribution in [0.15, 0.2) is 48.5 Å². The number of rotatable bonds is 5. The molecule has 2 atom stereocenters. The summed E-state index contributed by atoms with van der Waals surface area (Å²) in [5.74, 6) is 1.83. The number of hydrogen-bond acceptors (Lipinski definition) is 4. The van der Waals surface area contributed by atoms with Crippen LogP contribution < -0.4 is 14.4 Å². The largest absolute Gasteiger partial charge is 0.497 e. The monoisotopic (exact) mass is 352 g/mol. The number of fused-ring (bicyclic) bond motifs is 1. The van der Waals surface area contributed by atoms with Gasteiger partial charge >= 0.3 is 0 Å². The fourth-order valence-electron chi connectivity index (χ4n) is 4.03. The van der Waals surface area contributed by atoms with E-state index >= 15 is 0 Å². The van der Waals surface area contributed by atoms with Crippen molar-refractivity contribution in [1.29, 1.82) is 0 Å². The average molecular weight is 352 g/mol. The van der Waals surface area contributed by atoms with Gasteiger partial charge in [-0.15, -0.1) is 0 Å². The van der Waals surface area contributed by atoms with Crippen LogP contribution in [-0.2, 0) is 4.79 Å². The number of amides is 1. The van der Waals surface area contributed by atoms with Gasteiger partial charge in [-0.1, -0.05) is 12.1 Å². The lowest BCUT2D eigenvalue weighted by Gasteiger charge is -2.30. The maximum absolute atomic E-state index is 13.1. The molecule has 4 rings (SSSR count). The quantitative estimate of drug-likeness (QED) is 0.824. The fourth-order valence-corrected chi connectivity index (χ4v) is 4.03. The van der Waals surface area contributed by atoms with Gasteiger partial charge < -0.3 is 9.47 Å². The molecule has 0 spiro atoms. The highest BCUT2D eigenvalue weighted by Crippen LogP contribution is 2.42. The van der Waals surface area contributed by atoms with Gasteiger partial charge in [0, 0.05) is 12.2 Å². The van der Waals surface area contributed by atoms with Gasteiger partial charge in [-0.2, -0.15) is 0 Å². The highest BCUT2D eigenvalue weighted by molar-refractivity contribution is 6.00. The minimum atomic E-state index is -0.0703. The molecule has 2 unspecified atom stereocenters. The normalized spacial score (nSPS) is 22.5. The number of benzene rings is 2. The molecule has 1 amide bonds. The fraction of sp³-hybridized carbons (Fsp3) is 0.381. The Hall–Kier alpha value is -2.53. The Bertz CT molecular complexity index is 773. The number of hydrogen-bond donors (Lipinski definition) is 0. The molecule has 5 heteroatoms. The van der Waals surface area contributed by atoms with Crippen molar-refractivity contribution in [3.63, 3.8) is 0 Å². The lowest BCUT2D eigenvalue weighted by molar-refractivity contribution is -0.119. The van der Waals surface area contributed by atoms with Gasteiger partial charge in [0.2, 0.25) is 5.91 Å². The molecule has 2 heterocycles. The zero-order chi connectivity index (χ0) is 18.1. The van der Waals surface area contributed by atoms with Crippen molar-refractivity contribution < 1.29 is 14.3 Å². The van der Waals surface area contributed by atoms with Crippen molar-refractivity contribution in [3.05, 3.63) is 54.1 Å². The lowest BCUT2D eigenvalue weighted by atomic mass is 10.1. The number of nitrogens with zero attached hydrogens (tertiary/aromatic N) is 2. The Morgan fingerprint density at radius 3 is 2.38 bits per heavy atom. The third-order valence-electron chi connectivity index (χ3n) is 5.22. The molecule has 5 nitrogen and oxygen atoms in total. The lowest BCUT2D eigenvalue weighted by Crippen LogP contribution is -2.32. The Balaban J connectivity index is 1.71. The smallest absolute Gasteiger partial charge is 0.246 e. The second-order valence-electron chi connectivity index (χ2n) is 6.68. The van der Waals surface area contributed by atoms with E-state index < -0.39 is 0 Å². The number of methoxy groups -OCH3 is 1. The molecule has 0 aliphatic carbocycles. The Morgan fingerprint density at radius 2 is 1.73 bits per heavy atom. The van der Waals surface area contributed by atoms with Gasteiger partial charge in [-0.3, -0.25) is 14.6 Å². The number of anilines is 1. The van der Waals surface area contributed by atoms with Crippen molar-refractivity contribution in [1.82, 2.24) is 4.90 Å². The summed E-state index contributed by atoms with van der Waals surface area (Å²) in [6.07, 6.45) is 1.93. The molecule has 2 aliphatic rings. The summed E-state index contributed by atoms with van der Waals surface area (Å²) in [5, 5.41) is 0. The molecule has 2 aromatic rings. The van der Waals surface area contributed by atoms with E-state index in [0.717, 1.165) is 42.1 Å². The van der Waals surface area contributed by atoms with E-state index in [1.54, 1.807) is 7.11 Å². The van der Waals surface area contributed by atoms with E-state index in [4.69, 9.17) is 9.47 Å². The van der Waals surface area contributed by atoms with Crippen LogP contribution in [0.2, 0.25) is 0 Å². The third-order valence-corrected chi connectivity index (χ3v) is 5.22. The number of carbonyl (C=O) groups is 1. The first-order chi connectivity index (χ1) is 12.7. The minimum Gasteiger partial charge on any atom is -0.497 e. The minimum absolute atomic E-state index is 0.0197. The maximum atomic E-state index is 13.1. The molecule has 2 aliphatic heterocycles. The second-order valence-corrected chi connectivity index (χ2v) is 6.68. The average Bonchev–Trinajstić information content (AvgIpc) is 3.25. The summed E-state index contributed by atoms with van der Waals surface area (Å²) in [7, 11) is 1.65. The molecule has 2 saturated heterocycles. The number of carbonyl (C=O) groups excluding carboxylic acids is 1. The van der Waals surface area contributed by atoms with Crippen LogP contribution in [-0.4, -0.2) is 37.1 Å². The van der Waals surface area contributed by atoms with Gasteiger partial charge in [-0.25, -0.2) is 0 Å². The molecule has 2 aromatic carbocycles. The van der Waals surface area contributed by atoms with E-state index in [2.05, 4.69) is 17.0 Å². The molecule has 0 radical (unpaired) electrons.